The lowest BCUT2D eigenvalue weighted by Crippen LogP contribution is -1.98. The number of hydrogen-bond donors (Lipinski definition) is 0. The predicted molar refractivity (Wildman–Crippen MR) is 59.9 cm³/mol. The second kappa shape index (κ2) is 4.49. The van der Waals surface area contributed by atoms with Crippen molar-refractivity contribution in [2.75, 3.05) is 5.88 Å². The molecule has 0 spiro atoms. The molecule has 2 atom stereocenters. The van der Waals surface area contributed by atoms with Gasteiger partial charge < -0.3 is 0 Å². The lowest BCUT2D eigenvalue weighted by molar-refractivity contribution is -0.0328. The molecule has 16 heavy (non-hydrogen) atoms. The minimum atomic E-state index is -4.21. The Morgan fingerprint density at radius 3 is 2.31 bits per heavy atom. The van der Waals surface area contributed by atoms with E-state index in [4.69, 9.17) is 11.6 Å². The van der Waals surface area contributed by atoms with Gasteiger partial charge in [-0.15, -0.1) is 11.6 Å². The average Bonchev–Trinajstić information content (AvgIpc) is 2.95. The van der Waals surface area contributed by atoms with Crippen LogP contribution in [0.3, 0.4) is 0 Å². The molecule has 1 aliphatic rings. The number of alkyl halides is 4. The Labute approximate surface area is 101 Å². The molecule has 5 heteroatoms. The number of halogens is 4. The van der Waals surface area contributed by atoms with Crippen molar-refractivity contribution >= 4 is 23.4 Å². The van der Waals surface area contributed by atoms with E-state index in [1.807, 2.05) is 0 Å². The summed E-state index contributed by atoms with van der Waals surface area (Å²) in [6.45, 7) is 0. The Bertz CT molecular complexity index is 360. The predicted octanol–water partition coefficient (Wildman–Crippen LogP) is 4.64. The van der Waals surface area contributed by atoms with E-state index >= 15 is 0 Å². The van der Waals surface area contributed by atoms with Gasteiger partial charge in [0.2, 0.25) is 0 Å². The van der Waals surface area contributed by atoms with E-state index in [1.54, 1.807) is 12.1 Å². The molecule has 0 aliphatic heterocycles. The average molecular weight is 267 g/mol. The summed E-state index contributed by atoms with van der Waals surface area (Å²) in [5, 5.41) is 0. The normalized spacial score (nSPS) is 24.5. The van der Waals surface area contributed by atoms with E-state index in [0.29, 0.717) is 17.7 Å². The molecule has 0 N–H and O–H groups in total. The van der Waals surface area contributed by atoms with Gasteiger partial charge in [0.1, 0.15) is 0 Å². The highest BCUT2D eigenvalue weighted by molar-refractivity contribution is 8.00. The van der Waals surface area contributed by atoms with Crippen molar-refractivity contribution in [2.24, 2.45) is 5.92 Å². The molecular formula is C11H10ClF3S. The highest BCUT2D eigenvalue weighted by Crippen LogP contribution is 2.48. The molecule has 0 radical (unpaired) electrons. The Kier molecular flexibility index (Phi) is 3.40. The van der Waals surface area contributed by atoms with Crippen LogP contribution in [0, 0.1) is 5.92 Å². The van der Waals surface area contributed by atoms with Crippen LogP contribution in [0.15, 0.2) is 29.2 Å². The second-order valence-electron chi connectivity index (χ2n) is 3.87. The van der Waals surface area contributed by atoms with E-state index in [9.17, 15) is 13.2 Å². The number of benzene rings is 1. The van der Waals surface area contributed by atoms with Crippen LogP contribution in [-0.4, -0.2) is 11.4 Å². The van der Waals surface area contributed by atoms with Crippen molar-refractivity contribution < 1.29 is 13.2 Å². The smallest absolute Gasteiger partial charge is 0.160 e. The van der Waals surface area contributed by atoms with Crippen molar-refractivity contribution in [1.82, 2.24) is 0 Å². The quantitative estimate of drug-likeness (QED) is 0.567. The number of rotatable bonds is 3. The summed E-state index contributed by atoms with van der Waals surface area (Å²) >= 11 is 5.63. The maximum Gasteiger partial charge on any atom is 0.446 e. The van der Waals surface area contributed by atoms with Crippen LogP contribution in [0.1, 0.15) is 17.9 Å². The summed E-state index contributed by atoms with van der Waals surface area (Å²) in [5.41, 5.74) is -3.11. The zero-order chi connectivity index (χ0) is 11.8. The molecule has 1 aromatic rings. The molecule has 1 fully saturated rings. The van der Waals surface area contributed by atoms with Crippen molar-refractivity contribution in [3.63, 3.8) is 0 Å². The van der Waals surface area contributed by atoms with Gasteiger partial charge in [-0.3, -0.25) is 0 Å². The highest BCUT2D eigenvalue weighted by atomic mass is 35.5. The highest BCUT2D eigenvalue weighted by Gasteiger charge is 2.37. The maximum absolute atomic E-state index is 12.1. The fourth-order valence-electron chi connectivity index (χ4n) is 1.74. The molecule has 1 saturated carbocycles. The second-order valence-corrected chi connectivity index (χ2v) is 5.32. The van der Waals surface area contributed by atoms with Crippen LogP contribution in [0.5, 0.6) is 0 Å². The van der Waals surface area contributed by atoms with E-state index in [2.05, 4.69) is 0 Å². The van der Waals surface area contributed by atoms with Gasteiger partial charge in [0.15, 0.2) is 0 Å². The summed E-state index contributed by atoms with van der Waals surface area (Å²) < 4.78 is 36.2. The molecule has 1 aromatic carbocycles. The first-order valence-electron chi connectivity index (χ1n) is 4.91. The molecule has 0 saturated heterocycles. The third-order valence-electron chi connectivity index (χ3n) is 2.66. The fourth-order valence-corrected chi connectivity index (χ4v) is 2.62. The van der Waals surface area contributed by atoms with Crippen LogP contribution in [0.2, 0.25) is 0 Å². The number of hydrogen-bond acceptors (Lipinski definition) is 1. The molecule has 1 aliphatic carbocycles. The molecule has 88 valence electrons. The van der Waals surface area contributed by atoms with Crippen LogP contribution in [0.4, 0.5) is 13.2 Å². The van der Waals surface area contributed by atoms with Gasteiger partial charge in [0, 0.05) is 10.8 Å². The van der Waals surface area contributed by atoms with Gasteiger partial charge >= 0.3 is 5.51 Å². The van der Waals surface area contributed by atoms with Crippen LogP contribution in [0.25, 0.3) is 0 Å². The molecule has 0 amide bonds. The minimum absolute atomic E-state index is 0.0779. The Balaban J connectivity index is 2.00. The Hall–Kier alpha value is -0.350. The third-order valence-corrected chi connectivity index (χ3v) is 3.80. The van der Waals surface area contributed by atoms with Crippen LogP contribution >= 0.6 is 23.4 Å². The summed E-state index contributed by atoms with van der Waals surface area (Å²) in [6, 6.07) is 6.59. The molecule has 2 unspecified atom stereocenters. The van der Waals surface area contributed by atoms with Crippen molar-refractivity contribution in [2.45, 2.75) is 22.7 Å². The summed E-state index contributed by atoms with van der Waals surface area (Å²) in [5.74, 6) is 1.58. The fraction of sp³-hybridized carbons (Fsp3) is 0.455. The molecular weight excluding hydrogens is 257 g/mol. The van der Waals surface area contributed by atoms with Gasteiger partial charge in [-0.2, -0.15) is 13.2 Å². The lowest BCUT2D eigenvalue weighted by Gasteiger charge is -2.06. The Morgan fingerprint density at radius 2 is 1.88 bits per heavy atom. The lowest BCUT2D eigenvalue weighted by atomic mass is 10.1. The van der Waals surface area contributed by atoms with Gasteiger partial charge in [-0.25, -0.2) is 0 Å². The van der Waals surface area contributed by atoms with Crippen molar-refractivity contribution in [3.05, 3.63) is 29.8 Å². The Morgan fingerprint density at radius 1 is 1.25 bits per heavy atom. The van der Waals surface area contributed by atoms with Gasteiger partial charge in [0.05, 0.1) is 0 Å². The monoisotopic (exact) mass is 266 g/mol. The van der Waals surface area contributed by atoms with Crippen molar-refractivity contribution in [1.29, 1.82) is 0 Å². The first-order chi connectivity index (χ1) is 7.49. The van der Waals surface area contributed by atoms with E-state index in [0.717, 1.165) is 12.0 Å². The molecule has 2 rings (SSSR count). The molecule has 0 heterocycles. The minimum Gasteiger partial charge on any atom is -0.160 e. The zero-order valence-corrected chi connectivity index (χ0v) is 9.87. The maximum atomic E-state index is 12.1. The van der Waals surface area contributed by atoms with E-state index in [-0.39, 0.29) is 16.7 Å². The third kappa shape index (κ3) is 3.08. The van der Waals surface area contributed by atoms with Crippen molar-refractivity contribution in [3.8, 4) is 0 Å². The van der Waals surface area contributed by atoms with Gasteiger partial charge in [-0.1, -0.05) is 12.1 Å². The van der Waals surface area contributed by atoms with Gasteiger partial charge in [0.25, 0.3) is 0 Å². The van der Waals surface area contributed by atoms with Gasteiger partial charge in [-0.05, 0) is 47.7 Å². The van der Waals surface area contributed by atoms with Crippen LogP contribution < -0.4 is 0 Å². The molecule has 0 aromatic heterocycles. The first kappa shape index (κ1) is 12.1. The van der Waals surface area contributed by atoms with E-state index in [1.165, 1.54) is 12.1 Å². The SMILES string of the molecule is FC(F)(F)Sc1ccc(C2CC2CCl)cc1. The number of thioether (sulfide) groups is 1. The summed E-state index contributed by atoms with van der Waals surface area (Å²) in [7, 11) is 0. The molecule has 0 bridgehead atoms. The largest absolute Gasteiger partial charge is 0.446 e. The molecule has 0 nitrogen and oxygen atoms in total. The standard InChI is InChI=1S/C11H10ClF3S/c12-6-8-5-10(8)7-1-3-9(4-2-7)16-11(13,14)15/h1-4,8,10H,5-6H2. The van der Waals surface area contributed by atoms with E-state index < -0.39 is 5.51 Å². The summed E-state index contributed by atoms with van der Waals surface area (Å²) in [4.78, 5) is 0.235. The van der Waals surface area contributed by atoms with Crippen LogP contribution in [-0.2, 0) is 0 Å². The summed E-state index contributed by atoms with van der Waals surface area (Å²) in [6.07, 6.45) is 1.05. The first-order valence-corrected chi connectivity index (χ1v) is 6.26. The topological polar surface area (TPSA) is 0 Å². The zero-order valence-electron chi connectivity index (χ0n) is 8.30.